The first-order chi connectivity index (χ1) is 9.20. The average molecular weight is 279 g/mol. The molecule has 0 aromatic carbocycles. The third-order valence-corrected chi connectivity index (χ3v) is 3.61. The van der Waals surface area contributed by atoms with Gasteiger partial charge in [0.2, 0.25) is 0 Å². The number of hydrogen-bond acceptors (Lipinski definition) is 4. The van der Waals surface area contributed by atoms with E-state index in [9.17, 15) is 4.79 Å². The van der Waals surface area contributed by atoms with Crippen molar-refractivity contribution in [2.45, 2.75) is 19.4 Å². The van der Waals surface area contributed by atoms with Gasteiger partial charge in [0.15, 0.2) is 0 Å². The predicted octanol–water partition coefficient (Wildman–Crippen LogP) is 2.39. The van der Waals surface area contributed by atoms with E-state index >= 15 is 0 Å². The lowest BCUT2D eigenvalue weighted by molar-refractivity contribution is -0.135. The highest BCUT2D eigenvalue weighted by Crippen LogP contribution is 2.32. The van der Waals surface area contributed by atoms with Gasteiger partial charge < -0.3 is 9.64 Å². The van der Waals surface area contributed by atoms with Gasteiger partial charge in [-0.1, -0.05) is 17.7 Å². The molecule has 2 heterocycles. The molecule has 3 rings (SSSR count). The third-order valence-electron chi connectivity index (χ3n) is 3.39. The number of halogens is 1. The topological polar surface area (TPSA) is 42.4 Å². The predicted molar refractivity (Wildman–Crippen MR) is 71.4 cm³/mol. The SMILES string of the molecule is O=C1C=C(N(Cc2ccc(Cl)nc2)CC2CC2)CO1. The molecule has 4 nitrogen and oxygen atoms in total. The first-order valence-electron chi connectivity index (χ1n) is 6.43. The van der Waals surface area contributed by atoms with Crippen LogP contribution in [0.25, 0.3) is 0 Å². The summed E-state index contributed by atoms with van der Waals surface area (Å²) < 4.78 is 5.00. The summed E-state index contributed by atoms with van der Waals surface area (Å²) in [6.45, 7) is 2.10. The summed E-state index contributed by atoms with van der Waals surface area (Å²) in [6, 6.07) is 3.75. The molecule has 0 N–H and O–H groups in total. The van der Waals surface area contributed by atoms with E-state index in [4.69, 9.17) is 16.3 Å². The maximum Gasteiger partial charge on any atom is 0.333 e. The Hall–Kier alpha value is -1.55. The zero-order valence-corrected chi connectivity index (χ0v) is 11.3. The molecule has 2 aliphatic rings. The van der Waals surface area contributed by atoms with E-state index < -0.39 is 0 Å². The molecule has 0 atom stereocenters. The molecule has 0 bridgehead atoms. The zero-order valence-electron chi connectivity index (χ0n) is 10.5. The van der Waals surface area contributed by atoms with Crippen molar-refractivity contribution in [3.8, 4) is 0 Å². The van der Waals surface area contributed by atoms with E-state index in [0.717, 1.165) is 30.3 Å². The Bertz CT molecular complexity index is 509. The second-order valence-electron chi connectivity index (χ2n) is 5.06. The lowest BCUT2D eigenvalue weighted by atomic mass is 10.2. The number of ether oxygens (including phenoxy) is 1. The molecule has 0 saturated heterocycles. The fraction of sp³-hybridized carbons (Fsp3) is 0.429. The van der Waals surface area contributed by atoms with Crippen LogP contribution in [0.4, 0.5) is 0 Å². The van der Waals surface area contributed by atoms with E-state index in [0.29, 0.717) is 11.8 Å². The number of carbonyl (C=O) groups is 1. The van der Waals surface area contributed by atoms with Gasteiger partial charge in [-0.15, -0.1) is 0 Å². The number of aromatic nitrogens is 1. The lowest BCUT2D eigenvalue weighted by Crippen LogP contribution is -2.26. The molecule has 19 heavy (non-hydrogen) atoms. The molecule has 1 fully saturated rings. The van der Waals surface area contributed by atoms with Crippen LogP contribution in [0.3, 0.4) is 0 Å². The van der Waals surface area contributed by atoms with Crippen LogP contribution >= 0.6 is 11.6 Å². The fourth-order valence-corrected chi connectivity index (χ4v) is 2.27. The maximum absolute atomic E-state index is 11.2. The van der Waals surface area contributed by atoms with Crippen LogP contribution in [-0.2, 0) is 16.1 Å². The summed E-state index contributed by atoms with van der Waals surface area (Å²) in [7, 11) is 0. The normalized spacial score (nSPS) is 18.2. The fourth-order valence-electron chi connectivity index (χ4n) is 2.16. The van der Waals surface area contributed by atoms with Crippen LogP contribution in [-0.4, -0.2) is 29.0 Å². The Kier molecular flexibility index (Phi) is 3.42. The first kappa shape index (κ1) is 12.5. The molecular weight excluding hydrogens is 264 g/mol. The van der Waals surface area contributed by atoms with Gasteiger partial charge in [0.1, 0.15) is 11.8 Å². The molecule has 1 aliphatic carbocycles. The number of rotatable bonds is 5. The van der Waals surface area contributed by atoms with E-state index in [1.165, 1.54) is 12.8 Å². The van der Waals surface area contributed by atoms with Crippen LogP contribution in [0.2, 0.25) is 5.15 Å². The van der Waals surface area contributed by atoms with E-state index in [1.54, 1.807) is 18.3 Å². The molecule has 0 spiro atoms. The van der Waals surface area contributed by atoms with E-state index in [1.807, 2.05) is 6.07 Å². The molecule has 0 amide bonds. The number of cyclic esters (lactones) is 1. The number of esters is 1. The van der Waals surface area contributed by atoms with Crippen LogP contribution in [0, 0.1) is 5.92 Å². The van der Waals surface area contributed by atoms with Gasteiger partial charge in [-0.25, -0.2) is 9.78 Å². The van der Waals surface area contributed by atoms with Gasteiger partial charge in [-0.05, 0) is 30.4 Å². The largest absolute Gasteiger partial charge is 0.456 e. The maximum atomic E-state index is 11.2. The summed E-state index contributed by atoms with van der Waals surface area (Å²) >= 11 is 5.79. The highest BCUT2D eigenvalue weighted by molar-refractivity contribution is 6.29. The average Bonchev–Trinajstić information content (AvgIpc) is 3.11. The third kappa shape index (κ3) is 3.26. The van der Waals surface area contributed by atoms with Crippen molar-refractivity contribution in [1.82, 2.24) is 9.88 Å². The van der Waals surface area contributed by atoms with Gasteiger partial charge in [-0.2, -0.15) is 0 Å². The summed E-state index contributed by atoms with van der Waals surface area (Å²) in [5.41, 5.74) is 2.05. The second-order valence-corrected chi connectivity index (χ2v) is 5.44. The van der Waals surface area contributed by atoms with Crippen molar-refractivity contribution in [3.05, 3.63) is 40.8 Å². The van der Waals surface area contributed by atoms with Gasteiger partial charge in [0, 0.05) is 25.4 Å². The van der Waals surface area contributed by atoms with Gasteiger partial charge >= 0.3 is 5.97 Å². The molecule has 100 valence electrons. The second kappa shape index (κ2) is 5.21. The van der Waals surface area contributed by atoms with Crippen molar-refractivity contribution < 1.29 is 9.53 Å². The minimum absolute atomic E-state index is 0.245. The molecule has 1 aromatic heterocycles. The van der Waals surface area contributed by atoms with Crippen molar-refractivity contribution in [2.24, 2.45) is 5.92 Å². The molecule has 1 aliphatic heterocycles. The summed E-state index contributed by atoms with van der Waals surface area (Å²) in [4.78, 5) is 17.5. The Labute approximate surface area is 117 Å². The smallest absolute Gasteiger partial charge is 0.333 e. The lowest BCUT2D eigenvalue weighted by Gasteiger charge is -2.25. The van der Waals surface area contributed by atoms with E-state index in [-0.39, 0.29) is 5.97 Å². The Morgan fingerprint density at radius 1 is 1.42 bits per heavy atom. The number of pyridine rings is 1. The number of carbonyl (C=O) groups excluding carboxylic acids is 1. The van der Waals surface area contributed by atoms with Gasteiger partial charge in [0.25, 0.3) is 0 Å². The first-order valence-corrected chi connectivity index (χ1v) is 6.81. The Morgan fingerprint density at radius 3 is 2.84 bits per heavy atom. The highest BCUT2D eigenvalue weighted by Gasteiger charge is 2.27. The Balaban J connectivity index is 1.73. The van der Waals surface area contributed by atoms with Crippen molar-refractivity contribution >= 4 is 17.6 Å². The molecule has 5 heteroatoms. The molecule has 1 saturated carbocycles. The van der Waals surface area contributed by atoms with Crippen LogP contribution in [0.5, 0.6) is 0 Å². The molecular formula is C14H15ClN2O2. The summed E-state index contributed by atoms with van der Waals surface area (Å²) in [5, 5.41) is 0.496. The van der Waals surface area contributed by atoms with Gasteiger partial charge in [0.05, 0.1) is 5.70 Å². The minimum Gasteiger partial charge on any atom is -0.456 e. The minimum atomic E-state index is -0.245. The Morgan fingerprint density at radius 2 is 2.26 bits per heavy atom. The van der Waals surface area contributed by atoms with Crippen LogP contribution in [0.1, 0.15) is 18.4 Å². The number of hydrogen-bond donors (Lipinski definition) is 0. The summed E-state index contributed by atoms with van der Waals surface area (Å²) in [5.74, 6) is 0.502. The number of nitrogens with zero attached hydrogens (tertiary/aromatic N) is 2. The standard InChI is InChI=1S/C14H15ClN2O2/c15-13-4-3-11(6-16-13)8-17(7-10-1-2-10)12-5-14(18)19-9-12/h3-6,10H,1-2,7-9H2. The van der Waals surface area contributed by atoms with Crippen molar-refractivity contribution in [3.63, 3.8) is 0 Å². The van der Waals surface area contributed by atoms with Crippen LogP contribution in [0.15, 0.2) is 30.1 Å². The van der Waals surface area contributed by atoms with Crippen molar-refractivity contribution in [1.29, 1.82) is 0 Å². The van der Waals surface area contributed by atoms with Crippen LogP contribution < -0.4 is 0 Å². The van der Waals surface area contributed by atoms with Crippen molar-refractivity contribution in [2.75, 3.05) is 13.2 Å². The molecule has 0 unspecified atom stereocenters. The summed E-state index contributed by atoms with van der Waals surface area (Å²) in [6.07, 6.45) is 5.92. The van der Waals surface area contributed by atoms with E-state index in [2.05, 4.69) is 9.88 Å². The quantitative estimate of drug-likeness (QED) is 0.613. The highest BCUT2D eigenvalue weighted by atomic mass is 35.5. The molecule has 1 aromatic rings. The monoisotopic (exact) mass is 278 g/mol. The van der Waals surface area contributed by atoms with Gasteiger partial charge in [-0.3, -0.25) is 0 Å². The molecule has 0 radical (unpaired) electrons. The zero-order chi connectivity index (χ0) is 13.2.